The van der Waals surface area contributed by atoms with Crippen molar-refractivity contribution in [2.45, 2.75) is 0 Å². The van der Waals surface area contributed by atoms with Crippen LogP contribution in [0.3, 0.4) is 0 Å². The molecule has 2 aromatic rings. The molecule has 0 spiro atoms. The van der Waals surface area contributed by atoms with Gasteiger partial charge in [0.25, 0.3) is 11.6 Å². The van der Waals surface area contributed by atoms with E-state index in [1.54, 1.807) is 18.2 Å². The number of nitro groups is 1. The number of amides is 1. The second-order valence-electron chi connectivity index (χ2n) is 5.71. The van der Waals surface area contributed by atoms with Crippen LogP contribution in [-0.2, 0) is 4.79 Å². The van der Waals surface area contributed by atoms with Gasteiger partial charge in [-0.25, -0.2) is 5.43 Å². The van der Waals surface area contributed by atoms with Crippen LogP contribution in [0, 0.1) is 21.4 Å². The summed E-state index contributed by atoms with van der Waals surface area (Å²) >= 11 is 0. The minimum atomic E-state index is -0.670. The smallest absolute Gasteiger partial charge is 0.282 e. The van der Waals surface area contributed by atoms with Crippen molar-refractivity contribution in [3.05, 3.63) is 75.3 Å². The molecule has 8 nitrogen and oxygen atoms in total. The lowest BCUT2D eigenvalue weighted by atomic mass is 10.1. The number of carbonyl (C=O) groups excluding carboxylic acids is 1. The first-order chi connectivity index (χ1) is 12.9. The third kappa shape index (κ3) is 5.51. The number of nitro benzene ring substituents is 1. The van der Waals surface area contributed by atoms with Crippen molar-refractivity contribution in [2.24, 2.45) is 5.10 Å². The maximum Gasteiger partial charge on any atom is 0.282 e. The normalized spacial score (nSPS) is 11.1. The van der Waals surface area contributed by atoms with Crippen LogP contribution in [0.2, 0.25) is 0 Å². The highest BCUT2D eigenvalue weighted by atomic mass is 16.6. The number of rotatable bonds is 6. The van der Waals surface area contributed by atoms with E-state index in [2.05, 4.69) is 10.5 Å². The zero-order chi connectivity index (χ0) is 19.8. The van der Waals surface area contributed by atoms with E-state index in [9.17, 15) is 20.2 Å². The minimum absolute atomic E-state index is 0.0796. The van der Waals surface area contributed by atoms with Gasteiger partial charge in [-0.15, -0.1) is 0 Å². The molecular formula is C19H17N5O3. The highest BCUT2D eigenvalue weighted by Gasteiger charge is 2.08. The number of hydrogen-bond acceptors (Lipinski definition) is 6. The van der Waals surface area contributed by atoms with Gasteiger partial charge in [0.1, 0.15) is 11.6 Å². The quantitative estimate of drug-likeness (QED) is 0.279. The number of nitrogens with one attached hydrogen (secondary N) is 1. The summed E-state index contributed by atoms with van der Waals surface area (Å²) in [7, 11) is 3.83. The van der Waals surface area contributed by atoms with Crippen LogP contribution in [0.25, 0.3) is 6.08 Å². The van der Waals surface area contributed by atoms with Gasteiger partial charge >= 0.3 is 0 Å². The molecular weight excluding hydrogens is 346 g/mol. The van der Waals surface area contributed by atoms with Crippen molar-refractivity contribution in [2.75, 3.05) is 19.0 Å². The number of hydrazone groups is 1. The molecule has 2 aromatic carbocycles. The van der Waals surface area contributed by atoms with E-state index in [4.69, 9.17) is 0 Å². The molecule has 0 bridgehead atoms. The molecule has 0 saturated carbocycles. The van der Waals surface area contributed by atoms with Crippen LogP contribution < -0.4 is 10.3 Å². The van der Waals surface area contributed by atoms with Crippen LogP contribution in [0.5, 0.6) is 0 Å². The van der Waals surface area contributed by atoms with E-state index in [0.29, 0.717) is 11.1 Å². The number of nitriles is 1. The number of anilines is 1. The minimum Gasteiger partial charge on any atom is -0.378 e. The van der Waals surface area contributed by atoms with Gasteiger partial charge in [-0.1, -0.05) is 24.3 Å². The molecule has 27 heavy (non-hydrogen) atoms. The predicted octanol–water partition coefficient (Wildman–Crippen LogP) is 2.72. The van der Waals surface area contributed by atoms with Gasteiger partial charge in [-0.2, -0.15) is 10.4 Å². The predicted molar refractivity (Wildman–Crippen MR) is 103 cm³/mol. The molecule has 1 N–H and O–H groups in total. The number of hydrogen-bond donors (Lipinski definition) is 1. The first-order valence-corrected chi connectivity index (χ1v) is 7.88. The third-order valence-electron chi connectivity index (χ3n) is 3.55. The van der Waals surface area contributed by atoms with Gasteiger partial charge in [-0.3, -0.25) is 14.9 Å². The molecule has 136 valence electrons. The van der Waals surface area contributed by atoms with Crippen molar-refractivity contribution >= 4 is 29.6 Å². The highest BCUT2D eigenvalue weighted by Crippen LogP contribution is 2.15. The van der Waals surface area contributed by atoms with Gasteiger partial charge in [0.15, 0.2) is 0 Å². The van der Waals surface area contributed by atoms with Crippen LogP contribution in [0.15, 0.2) is 59.2 Å². The van der Waals surface area contributed by atoms with E-state index < -0.39 is 10.8 Å². The fourth-order valence-corrected chi connectivity index (χ4v) is 2.13. The van der Waals surface area contributed by atoms with E-state index in [1.807, 2.05) is 37.2 Å². The first-order valence-electron chi connectivity index (χ1n) is 7.88. The van der Waals surface area contributed by atoms with Crippen molar-refractivity contribution in [3.63, 3.8) is 0 Å². The number of carbonyl (C=O) groups is 1. The largest absolute Gasteiger partial charge is 0.378 e. The van der Waals surface area contributed by atoms with Gasteiger partial charge in [-0.05, 0) is 23.8 Å². The molecule has 2 rings (SSSR count). The summed E-state index contributed by atoms with van der Waals surface area (Å²) in [5.41, 5.74) is 4.21. The zero-order valence-electron chi connectivity index (χ0n) is 14.8. The first kappa shape index (κ1) is 19.3. The molecule has 0 radical (unpaired) electrons. The Morgan fingerprint density at radius 1 is 1.22 bits per heavy atom. The summed E-state index contributed by atoms with van der Waals surface area (Å²) in [5, 5.41) is 23.7. The third-order valence-corrected chi connectivity index (χ3v) is 3.55. The standard InChI is InChI=1S/C19H17N5O3/c1-23(2)17-8-6-14(7-9-17)10-16(12-20)19(25)22-21-13-15-4-3-5-18(11-15)24(26)27/h3-11,13H,1-2H3,(H,22,25)/b16-10+,21-13+. The summed E-state index contributed by atoms with van der Waals surface area (Å²) in [6, 6.07) is 15.0. The summed E-state index contributed by atoms with van der Waals surface area (Å²) in [6.07, 6.45) is 2.73. The van der Waals surface area contributed by atoms with Crippen molar-refractivity contribution in [3.8, 4) is 6.07 Å². The molecule has 0 heterocycles. The van der Waals surface area contributed by atoms with Crippen molar-refractivity contribution in [1.29, 1.82) is 5.26 Å². The van der Waals surface area contributed by atoms with E-state index in [0.717, 1.165) is 5.69 Å². The Bertz CT molecular complexity index is 941. The summed E-state index contributed by atoms with van der Waals surface area (Å²) in [4.78, 5) is 24.2. The molecule has 0 aliphatic rings. The Kier molecular flexibility index (Phi) is 6.39. The fraction of sp³-hybridized carbons (Fsp3) is 0.105. The van der Waals surface area contributed by atoms with E-state index in [1.165, 1.54) is 30.5 Å². The Labute approximate surface area is 156 Å². The molecule has 0 fully saturated rings. The Morgan fingerprint density at radius 2 is 1.93 bits per heavy atom. The number of non-ortho nitro benzene ring substituents is 1. The molecule has 0 aliphatic carbocycles. The fourth-order valence-electron chi connectivity index (χ4n) is 2.13. The topological polar surface area (TPSA) is 112 Å². The van der Waals surface area contributed by atoms with Gasteiger partial charge in [0.05, 0.1) is 11.1 Å². The van der Waals surface area contributed by atoms with Gasteiger partial charge < -0.3 is 4.90 Å². The molecule has 8 heteroatoms. The lowest BCUT2D eigenvalue weighted by molar-refractivity contribution is -0.384. The van der Waals surface area contributed by atoms with Gasteiger partial charge in [0.2, 0.25) is 0 Å². The average molecular weight is 363 g/mol. The summed E-state index contributed by atoms with van der Waals surface area (Å²) < 4.78 is 0. The Hall–Kier alpha value is -3.99. The second kappa shape index (κ2) is 8.92. The van der Waals surface area contributed by atoms with E-state index >= 15 is 0 Å². The maximum absolute atomic E-state index is 12.1. The summed E-state index contributed by atoms with van der Waals surface area (Å²) in [5.74, 6) is -0.670. The lowest BCUT2D eigenvalue weighted by Crippen LogP contribution is -2.19. The monoisotopic (exact) mass is 363 g/mol. The van der Waals surface area contributed by atoms with Crippen molar-refractivity contribution < 1.29 is 9.72 Å². The van der Waals surface area contributed by atoms with E-state index in [-0.39, 0.29) is 11.3 Å². The average Bonchev–Trinajstić information content (AvgIpc) is 2.66. The van der Waals surface area contributed by atoms with Gasteiger partial charge in [0, 0.05) is 37.5 Å². The van der Waals surface area contributed by atoms with Crippen molar-refractivity contribution in [1.82, 2.24) is 5.43 Å². The molecule has 0 aromatic heterocycles. The van der Waals surface area contributed by atoms with Crippen LogP contribution in [0.4, 0.5) is 11.4 Å². The maximum atomic E-state index is 12.1. The molecule has 0 unspecified atom stereocenters. The lowest BCUT2D eigenvalue weighted by Gasteiger charge is -2.11. The summed E-state index contributed by atoms with van der Waals surface area (Å²) in [6.45, 7) is 0. The second-order valence-corrected chi connectivity index (χ2v) is 5.71. The molecule has 0 aliphatic heterocycles. The Balaban J connectivity index is 2.07. The Morgan fingerprint density at radius 3 is 2.52 bits per heavy atom. The highest BCUT2D eigenvalue weighted by molar-refractivity contribution is 6.02. The SMILES string of the molecule is CN(C)c1ccc(/C=C(\C#N)C(=O)N/N=C/c2cccc([N+](=O)[O-])c2)cc1. The number of nitrogens with zero attached hydrogens (tertiary/aromatic N) is 4. The molecule has 1 amide bonds. The number of benzene rings is 2. The van der Waals surface area contributed by atoms with Crippen LogP contribution in [-0.4, -0.2) is 31.1 Å². The zero-order valence-corrected chi connectivity index (χ0v) is 14.8. The van der Waals surface area contributed by atoms with Crippen LogP contribution in [0.1, 0.15) is 11.1 Å². The van der Waals surface area contributed by atoms with Crippen LogP contribution >= 0.6 is 0 Å². The molecule has 0 atom stereocenters. The molecule has 0 saturated heterocycles.